The minimum atomic E-state index is -3.81. The van der Waals surface area contributed by atoms with E-state index >= 15 is 0 Å². The molecule has 4 nitrogen and oxygen atoms in total. The fraction of sp³-hybridized carbons (Fsp3) is 0.236. The van der Waals surface area contributed by atoms with Crippen LogP contribution < -0.4 is 0 Å². The average molecular weight is 982 g/mol. The van der Waals surface area contributed by atoms with Crippen molar-refractivity contribution in [2.45, 2.75) is 85.7 Å². The minimum absolute atomic E-state index is 0. The zero-order chi connectivity index (χ0) is 53.7. The first-order chi connectivity index (χ1) is 33.8. The number of aromatic hydroxyl groups is 1. The summed E-state index contributed by atoms with van der Waals surface area (Å²) in [5.74, 6) is -0.362. The van der Waals surface area contributed by atoms with Crippen LogP contribution in [-0.4, -0.2) is 19.6 Å². The number of fused-ring (bicyclic) bond motifs is 1. The number of benzene rings is 6. The fourth-order valence-corrected chi connectivity index (χ4v) is 7.43. The Balaban J connectivity index is 0.00000800. The zero-order valence-electron chi connectivity index (χ0n) is 48.5. The largest absolute Gasteiger partial charge is 0.507 e. The van der Waals surface area contributed by atoms with Gasteiger partial charge in [-0.2, -0.15) is 0 Å². The molecule has 5 heteroatoms. The number of aromatic nitrogens is 3. The predicted molar refractivity (Wildman–Crippen MR) is 248 cm³/mol. The van der Waals surface area contributed by atoms with E-state index in [2.05, 4.69) is 11.1 Å². The van der Waals surface area contributed by atoms with E-state index in [1.165, 1.54) is 18.3 Å². The third-order valence-electron chi connectivity index (χ3n) is 10.6. The smallest absolute Gasteiger partial charge is 0.148 e. The summed E-state index contributed by atoms with van der Waals surface area (Å²) in [6.45, 7) is 2.20. The van der Waals surface area contributed by atoms with Crippen molar-refractivity contribution < 1.29 is 45.4 Å². The second-order valence-corrected chi connectivity index (χ2v) is 16.4. The van der Waals surface area contributed by atoms with Gasteiger partial charge in [-0.1, -0.05) is 151 Å². The maximum absolute atomic E-state index is 11.8. The number of imidazole rings is 1. The first kappa shape index (κ1) is 28.0. The van der Waals surface area contributed by atoms with Crippen molar-refractivity contribution in [3.05, 3.63) is 167 Å². The van der Waals surface area contributed by atoms with Crippen LogP contribution in [0.5, 0.6) is 5.75 Å². The molecule has 0 fully saturated rings. The predicted octanol–water partition coefficient (Wildman–Crippen LogP) is 14.6. The fourth-order valence-electron chi connectivity index (χ4n) is 7.43. The molecule has 0 atom stereocenters. The SMILES string of the molecule is [2H]c1c([2H])c(C(C([2H])([2H])[2H])(C([2H])([2H])[2H])C([2H])([2H])[2H])c([2H])c([2H])c1-c1ccnc(-c2[c-]c(-c3cccc4c3nc(-c3cc(C)cc(C)c3O)n4-c3ccc(C([2H])(C)C)cc3-c3ccccc3)cc(C(C)(C)C)c2)c1.[Pt]. The molecule has 0 bridgehead atoms. The van der Waals surface area contributed by atoms with Gasteiger partial charge in [0.2, 0.25) is 0 Å². The van der Waals surface area contributed by atoms with Crippen LogP contribution >= 0.6 is 0 Å². The molecule has 0 aliphatic heterocycles. The van der Waals surface area contributed by atoms with Crippen molar-refractivity contribution in [1.29, 1.82) is 0 Å². The molecule has 6 aromatic carbocycles. The molecule has 60 heavy (non-hydrogen) atoms. The van der Waals surface area contributed by atoms with Crippen molar-refractivity contribution in [3.63, 3.8) is 0 Å². The summed E-state index contributed by atoms with van der Waals surface area (Å²) >= 11 is 0. The molecule has 306 valence electrons. The molecule has 1 N–H and O–H groups in total. The Hall–Kier alpha value is -5.57. The van der Waals surface area contributed by atoms with Crippen LogP contribution in [0.25, 0.3) is 72.7 Å². The Morgan fingerprint density at radius 1 is 0.717 bits per heavy atom. The number of nitrogens with zero attached hydrogens (tertiary/aromatic N) is 3. The third kappa shape index (κ3) is 8.28. The van der Waals surface area contributed by atoms with Crippen LogP contribution in [0.2, 0.25) is 0 Å². The number of pyridine rings is 1. The summed E-state index contributed by atoms with van der Waals surface area (Å²) in [6, 6.07) is 32.1. The number of rotatable bonds is 7. The van der Waals surface area contributed by atoms with Crippen LogP contribution in [0.1, 0.15) is 108 Å². The van der Waals surface area contributed by atoms with Gasteiger partial charge in [0.25, 0.3) is 0 Å². The van der Waals surface area contributed by atoms with Gasteiger partial charge in [-0.15, -0.1) is 29.3 Å². The summed E-state index contributed by atoms with van der Waals surface area (Å²) in [7, 11) is 0. The van der Waals surface area contributed by atoms with Gasteiger partial charge in [-0.25, -0.2) is 4.98 Å². The quantitative estimate of drug-likeness (QED) is 0.162. The Labute approximate surface area is 390 Å². The number of hydrogen-bond acceptors (Lipinski definition) is 3. The molecule has 0 unspecified atom stereocenters. The Bertz CT molecular complexity index is 3410. The van der Waals surface area contributed by atoms with Gasteiger partial charge in [-0.3, -0.25) is 9.55 Å². The molecule has 0 aliphatic carbocycles. The molecule has 8 rings (SSSR count). The first-order valence-corrected chi connectivity index (χ1v) is 19.5. The number of phenolic OH excluding ortho intramolecular Hbond substituents is 1. The average Bonchev–Trinajstić information content (AvgIpc) is 3.68. The van der Waals surface area contributed by atoms with Crippen molar-refractivity contribution in [2.24, 2.45) is 0 Å². The normalized spacial score (nSPS) is 16.1. The molecule has 0 aliphatic rings. The third-order valence-corrected chi connectivity index (χ3v) is 10.6. The summed E-state index contributed by atoms with van der Waals surface area (Å²) in [6.07, 6.45) is 1.40. The Morgan fingerprint density at radius 3 is 2.15 bits per heavy atom. The van der Waals surface area contributed by atoms with Crippen molar-refractivity contribution in [3.8, 4) is 67.5 Å². The van der Waals surface area contributed by atoms with Gasteiger partial charge < -0.3 is 5.11 Å². The molecule has 0 amide bonds. The number of phenols is 1. The Kier molecular flexibility index (Phi) is 7.70. The van der Waals surface area contributed by atoms with E-state index in [-0.39, 0.29) is 37.9 Å². The van der Waals surface area contributed by atoms with Gasteiger partial charge in [0.05, 0.1) is 27.8 Å². The molecule has 0 radical (unpaired) electrons. The summed E-state index contributed by atoms with van der Waals surface area (Å²) < 4.78 is 121. The van der Waals surface area contributed by atoms with E-state index in [1.54, 1.807) is 0 Å². The summed E-state index contributed by atoms with van der Waals surface area (Å²) in [4.78, 5) is 10.1. The summed E-state index contributed by atoms with van der Waals surface area (Å²) in [5.41, 5.74) is 4.05. The summed E-state index contributed by atoms with van der Waals surface area (Å²) in [5, 5.41) is 11.8. The molecular formula is C55H54N3OPt-. The van der Waals surface area contributed by atoms with E-state index in [1.807, 2.05) is 144 Å². The topological polar surface area (TPSA) is 50.9 Å². The first-order valence-electron chi connectivity index (χ1n) is 26.5. The van der Waals surface area contributed by atoms with Crippen LogP contribution in [0.4, 0.5) is 0 Å². The van der Waals surface area contributed by atoms with Crippen LogP contribution in [-0.2, 0) is 31.9 Å². The van der Waals surface area contributed by atoms with Gasteiger partial charge in [0.1, 0.15) is 11.6 Å². The van der Waals surface area contributed by atoms with E-state index in [0.29, 0.717) is 50.4 Å². The van der Waals surface area contributed by atoms with E-state index in [4.69, 9.17) is 24.2 Å². The molecule has 0 saturated carbocycles. The van der Waals surface area contributed by atoms with Crippen molar-refractivity contribution in [2.75, 3.05) is 0 Å². The standard InChI is InChI=1S/C55H54N3O.Pt/c1-34(2)39-21-24-49(46(32-39)38-15-12-11-13-16-38)58-50-18-14-17-45(51(50)57-53(58)47-28-35(3)27-36(4)52(47)59)41-29-42(31-44(30-41)55(8,9)10)48-33-40(25-26-56-48)37-19-22-43(23-20-37)54(5,6)7;/h11-28,30-34,59H,1-10H3;/q-1;/i5D3,6D3,7D3,19D,20D,22D,23D,34D;. The number of para-hydroxylation sites is 1. The van der Waals surface area contributed by atoms with Gasteiger partial charge in [0, 0.05) is 52.2 Å². The number of hydrogen-bond donors (Lipinski definition) is 1. The molecule has 2 aromatic heterocycles. The maximum Gasteiger partial charge on any atom is 0.148 e. The second-order valence-electron chi connectivity index (χ2n) is 16.4. The second kappa shape index (κ2) is 16.5. The van der Waals surface area contributed by atoms with E-state index < -0.39 is 67.0 Å². The van der Waals surface area contributed by atoms with Gasteiger partial charge >= 0.3 is 0 Å². The zero-order valence-corrected chi connectivity index (χ0v) is 36.8. The number of aryl methyl sites for hydroxylation is 2. The van der Waals surface area contributed by atoms with Crippen molar-refractivity contribution in [1.82, 2.24) is 14.5 Å². The molecule has 8 aromatic rings. The molecule has 2 heterocycles. The molecule has 0 spiro atoms. The van der Waals surface area contributed by atoms with Crippen LogP contribution in [0, 0.1) is 19.9 Å². The Morgan fingerprint density at radius 2 is 1.45 bits per heavy atom. The molecule has 0 saturated heterocycles. The molecular weight excluding hydrogens is 914 g/mol. The van der Waals surface area contributed by atoms with Crippen LogP contribution in [0.3, 0.4) is 0 Å². The van der Waals surface area contributed by atoms with E-state index in [9.17, 15) is 5.11 Å². The van der Waals surface area contributed by atoms with Gasteiger partial charge in [0.15, 0.2) is 0 Å². The van der Waals surface area contributed by atoms with Crippen molar-refractivity contribution >= 4 is 11.0 Å². The minimum Gasteiger partial charge on any atom is -0.507 e. The monoisotopic (exact) mass is 981 g/mol. The maximum atomic E-state index is 11.8. The van der Waals surface area contributed by atoms with Gasteiger partial charge in [-0.05, 0) is 99.8 Å². The van der Waals surface area contributed by atoms with E-state index in [0.717, 1.165) is 33.5 Å². The van der Waals surface area contributed by atoms with Crippen LogP contribution in [0.15, 0.2) is 133 Å².